The van der Waals surface area contributed by atoms with Crippen LogP contribution in [0.1, 0.15) is 11.3 Å². The molecule has 0 atom stereocenters. The molecule has 1 aromatic heterocycles. The molecule has 1 aromatic carbocycles. The van der Waals surface area contributed by atoms with Gasteiger partial charge in [0.25, 0.3) is 0 Å². The SMILES string of the molecule is CNC(=O)Cc1ccccc1NC(=O)Cc1csc(N)n1. The van der Waals surface area contributed by atoms with E-state index in [1.165, 1.54) is 11.3 Å². The third-order valence-electron chi connectivity index (χ3n) is 2.83. The zero-order valence-electron chi connectivity index (χ0n) is 11.6. The van der Waals surface area contributed by atoms with E-state index in [9.17, 15) is 9.59 Å². The second-order valence-electron chi connectivity index (χ2n) is 4.41. The van der Waals surface area contributed by atoms with Crippen LogP contribution in [0, 0.1) is 0 Å². The van der Waals surface area contributed by atoms with Crippen LogP contribution in [-0.2, 0) is 22.4 Å². The maximum absolute atomic E-state index is 12.0. The van der Waals surface area contributed by atoms with Crippen molar-refractivity contribution in [3.63, 3.8) is 0 Å². The number of hydrogen-bond acceptors (Lipinski definition) is 5. The van der Waals surface area contributed by atoms with E-state index in [1.54, 1.807) is 18.5 Å². The lowest BCUT2D eigenvalue weighted by molar-refractivity contribution is -0.120. The summed E-state index contributed by atoms with van der Waals surface area (Å²) >= 11 is 1.30. The van der Waals surface area contributed by atoms with E-state index in [4.69, 9.17) is 5.73 Å². The van der Waals surface area contributed by atoms with E-state index in [-0.39, 0.29) is 24.7 Å². The highest BCUT2D eigenvalue weighted by atomic mass is 32.1. The van der Waals surface area contributed by atoms with E-state index in [0.29, 0.717) is 16.5 Å². The number of carbonyl (C=O) groups is 2. The fourth-order valence-electron chi connectivity index (χ4n) is 1.82. The molecular weight excluding hydrogens is 288 g/mol. The smallest absolute Gasteiger partial charge is 0.230 e. The summed E-state index contributed by atoms with van der Waals surface area (Å²) in [5.74, 6) is -0.298. The molecule has 0 fully saturated rings. The molecule has 0 aliphatic heterocycles. The second kappa shape index (κ2) is 6.85. The van der Waals surface area contributed by atoms with Crippen LogP contribution in [0.25, 0.3) is 0 Å². The molecule has 0 aliphatic carbocycles. The number of rotatable bonds is 5. The van der Waals surface area contributed by atoms with Gasteiger partial charge in [0, 0.05) is 18.1 Å². The van der Waals surface area contributed by atoms with Crippen LogP contribution in [0.5, 0.6) is 0 Å². The van der Waals surface area contributed by atoms with Gasteiger partial charge in [-0.2, -0.15) is 0 Å². The maximum Gasteiger partial charge on any atom is 0.230 e. The van der Waals surface area contributed by atoms with Crippen molar-refractivity contribution in [3.05, 3.63) is 40.9 Å². The first-order chi connectivity index (χ1) is 10.1. The zero-order chi connectivity index (χ0) is 15.2. The van der Waals surface area contributed by atoms with Crippen LogP contribution in [0.3, 0.4) is 0 Å². The average Bonchev–Trinajstić information content (AvgIpc) is 2.86. The highest BCUT2D eigenvalue weighted by molar-refractivity contribution is 7.13. The summed E-state index contributed by atoms with van der Waals surface area (Å²) < 4.78 is 0. The predicted octanol–water partition coefficient (Wildman–Crippen LogP) is 1.19. The first kappa shape index (κ1) is 15.0. The van der Waals surface area contributed by atoms with Crippen molar-refractivity contribution in [2.75, 3.05) is 18.1 Å². The minimum Gasteiger partial charge on any atom is -0.375 e. The molecule has 1 heterocycles. The molecule has 0 spiro atoms. The monoisotopic (exact) mass is 304 g/mol. The van der Waals surface area contributed by atoms with Crippen molar-refractivity contribution >= 4 is 34.0 Å². The Kier molecular flexibility index (Phi) is 4.89. The molecule has 2 amide bonds. The minimum absolute atomic E-state index is 0.107. The number of para-hydroxylation sites is 1. The second-order valence-corrected chi connectivity index (χ2v) is 5.30. The Bertz CT molecular complexity index is 654. The Morgan fingerprint density at radius 1 is 1.24 bits per heavy atom. The van der Waals surface area contributed by atoms with Gasteiger partial charge < -0.3 is 16.4 Å². The Morgan fingerprint density at radius 2 is 2.00 bits per heavy atom. The number of anilines is 2. The molecule has 0 saturated heterocycles. The van der Waals surface area contributed by atoms with Gasteiger partial charge in [-0.15, -0.1) is 11.3 Å². The van der Waals surface area contributed by atoms with E-state index >= 15 is 0 Å². The molecular formula is C14H16N4O2S. The number of amides is 2. The van der Waals surface area contributed by atoms with Gasteiger partial charge in [0.15, 0.2) is 5.13 Å². The molecule has 2 aromatic rings. The summed E-state index contributed by atoms with van der Waals surface area (Å²) in [4.78, 5) is 27.5. The molecule has 4 N–H and O–H groups in total. The summed E-state index contributed by atoms with van der Waals surface area (Å²) in [6.07, 6.45) is 0.374. The number of thiazole rings is 1. The summed E-state index contributed by atoms with van der Waals surface area (Å²) in [6, 6.07) is 7.22. The van der Waals surface area contributed by atoms with Crippen molar-refractivity contribution in [1.29, 1.82) is 0 Å². The fraction of sp³-hybridized carbons (Fsp3) is 0.214. The molecule has 0 bridgehead atoms. The van der Waals surface area contributed by atoms with Gasteiger partial charge >= 0.3 is 0 Å². The Labute approximate surface area is 126 Å². The third kappa shape index (κ3) is 4.28. The summed E-state index contributed by atoms with van der Waals surface area (Å²) in [5, 5.41) is 7.56. The van der Waals surface area contributed by atoms with E-state index in [1.807, 2.05) is 18.2 Å². The molecule has 0 unspecified atom stereocenters. The van der Waals surface area contributed by atoms with Crippen LogP contribution in [0.15, 0.2) is 29.6 Å². The summed E-state index contributed by atoms with van der Waals surface area (Å²) in [7, 11) is 1.58. The number of hydrogen-bond donors (Lipinski definition) is 3. The van der Waals surface area contributed by atoms with Gasteiger partial charge in [0.1, 0.15) is 0 Å². The van der Waals surface area contributed by atoms with Crippen molar-refractivity contribution in [2.45, 2.75) is 12.8 Å². The highest BCUT2D eigenvalue weighted by Crippen LogP contribution is 2.17. The Morgan fingerprint density at radius 3 is 2.67 bits per heavy atom. The van der Waals surface area contributed by atoms with Crippen molar-refractivity contribution < 1.29 is 9.59 Å². The molecule has 110 valence electrons. The molecule has 0 saturated carbocycles. The maximum atomic E-state index is 12.0. The zero-order valence-corrected chi connectivity index (χ0v) is 12.4. The van der Waals surface area contributed by atoms with Crippen LogP contribution in [-0.4, -0.2) is 23.8 Å². The molecule has 0 radical (unpaired) electrons. The molecule has 0 aliphatic rings. The lowest BCUT2D eigenvalue weighted by Gasteiger charge is -2.10. The first-order valence-corrected chi connectivity index (χ1v) is 7.24. The van der Waals surface area contributed by atoms with E-state index in [2.05, 4.69) is 15.6 Å². The molecule has 6 nitrogen and oxygen atoms in total. The number of aromatic nitrogens is 1. The largest absolute Gasteiger partial charge is 0.375 e. The van der Waals surface area contributed by atoms with Gasteiger partial charge in [0.05, 0.1) is 18.5 Å². The van der Waals surface area contributed by atoms with Crippen LogP contribution in [0.4, 0.5) is 10.8 Å². The number of likely N-dealkylation sites (N-methyl/N-ethyl adjacent to an activating group) is 1. The molecule has 21 heavy (non-hydrogen) atoms. The van der Waals surface area contributed by atoms with Gasteiger partial charge in [-0.25, -0.2) is 4.98 Å². The highest BCUT2D eigenvalue weighted by Gasteiger charge is 2.11. The van der Waals surface area contributed by atoms with E-state index in [0.717, 1.165) is 5.56 Å². The number of nitrogens with zero attached hydrogens (tertiary/aromatic N) is 1. The normalized spacial score (nSPS) is 10.1. The van der Waals surface area contributed by atoms with Gasteiger partial charge in [-0.3, -0.25) is 9.59 Å². The topological polar surface area (TPSA) is 97.1 Å². The van der Waals surface area contributed by atoms with Gasteiger partial charge in [-0.1, -0.05) is 18.2 Å². The number of nitrogens with two attached hydrogens (primary N) is 1. The summed E-state index contributed by atoms with van der Waals surface area (Å²) in [6.45, 7) is 0. The standard InChI is InChI=1S/C14H16N4O2S/c1-16-12(19)6-9-4-2-3-5-11(9)18-13(20)7-10-8-21-14(15)17-10/h2-5,8H,6-7H2,1H3,(H2,15,17)(H,16,19)(H,18,20). The fourth-order valence-corrected chi connectivity index (χ4v) is 2.38. The Hall–Kier alpha value is -2.41. The van der Waals surface area contributed by atoms with E-state index < -0.39 is 0 Å². The number of nitrogen functional groups attached to an aromatic ring is 1. The van der Waals surface area contributed by atoms with Crippen molar-refractivity contribution in [3.8, 4) is 0 Å². The van der Waals surface area contributed by atoms with Gasteiger partial charge in [0.2, 0.25) is 11.8 Å². The molecule has 2 rings (SSSR count). The van der Waals surface area contributed by atoms with Crippen molar-refractivity contribution in [1.82, 2.24) is 10.3 Å². The quantitative estimate of drug-likeness (QED) is 0.773. The lowest BCUT2D eigenvalue weighted by atomic mass is 10.1. The van der Waals surface area contributed by atoms with Crippen molar-refractivity contribution in [2.24, 2.45) is 0 Å². The van der Waals surface area contributed by atoms with Crippen LogP contribution < -0.4 is 16.4 Å². The predicted molar refractivity (Wildman–Crippen MR) is 83.1 cm³/mol. The first-order valence-electron chi connectivity index (χ1n) is 6.36. The average molecular weight is 304 g/mol. The number of carbonyl (C=O) groups excluding carboxylic acids is 2. The minimum atomic E-state index is -0.190. The van der Waals surface area contributed by atoms with Gasteiger partial charge in [-0.05, 0) is 11.6 Å². The number of nitrogens with one attached hydrogen (secondary N) is 2. The Balaban J connectivity index is 2.05. The van der Waals surface area contributed by atoms with Crippen LogP contribution >= 0.6 is 11.3 Å². The third-order valence-corrected chi connectivity index (χ3v) is 3.56. The van der Waals surface area contributed by atoms with Crippen LogP contribution in [0.2, 0.25) is 0 Å². The number of benzene rings is 1. The summed E-state index contributed by atoms with van der Waals surface area (Å²) in [5.41, 5.74) is 7.57. The molecule has 7 heteroatoms. The lowest BCUT2D eigenvalue weighted by Crippen LogP contribution is -2.22.